The van der Waals surface area contributed by atoms with Crippen LogP contribution in [0.1, 0.15) is 20.8 Å². The molecule has 0 amide bonds. The number of nitrogens with one attached hydrogen (secondary N) is 1. The highest BCUT2D eigenvalue weighted by Crippen LogP contribution is 2.25. The Labute approximate surface area is 82.2 Å². The summed E-state index contributed by atoms with van der Waals surface area (Å²) in [6.07, 6.45) is 5.19. The summed E-state index contributed by atoms with van der Waals surface area (Å²) in [5.74, 6) is 0. The fourth-order valence-electron chi connectivity index (χ4n) is 0.713. The van der Waals surface area contributed by atoms with E-state index in [2.05, 4.69) is 43.4 Å². The van der Waals surface area contributed by atoms with Crippen LogP contribution in [0, 0.1) is 10.8 Å². The lowest BCUT2D eigenvalue weighted by Gasteiger charge is -2.19. The SMILES string of the molecule is CC(C)(C)C(/C=C\I)=C/C=N. The van der Waals surface area contributed by atoms with Gasteiger partial charge < -0.3 is 5.41 Å². The summed E-state index contributed by atoms with van der Waals surface area (Å²) in [4.78, 5) is 0. The normalized spacial score (nSPS) is 14.0. The van der Waals surface area contributed by atoms with Gasteiger partial charge in [-0.2, -0.15) is 0 Å². The van der Waals surface area contributed by atoms with Crippen molar-refractivity contribution in [2.45, 2.75) is 20.8 Å². The molecule has 0 unspecified atom stereocenters. The molecule has 2 heteroatoms. The molecule has 0 fully saturated rings. The van der Waals surface area contributed by atoms with E-state index in [-0.39, 0.29) is 5.41 Å². The van der Waals surface area contributed by atoms with Crippen molar-refractivity contribution in [3.8, 4) is 0 Å². The topological polar surface area (TPSA) is 23.9 Å². The summed E-state index contributed by atoms with van der Waals surface area (Å²) in [7, 11) is 0. The second kappa shape index (κ2) is 4.70. The molecule has 0 radical (unpaired) electrons. The van der Waals surface area contributed by atoms with Crippen molar-refractivity contribution in [2.24, 2.45) is 5.41 Å². The average Bonchev–Trinajstić information content (AvgIpc) is 1.85. The van der Waals surface area contributed by atoms with Gasteiger partial charge in [-0.1, -0.05) is 49.4 Å². The number of hydrogen-bond acceptors (Lipinski definition) is 1. The lowest BCUT2D eigenvalue weighted by molar-refractivity contribution is 0.518. The molecule has 62 valence electrons. The van der Waals surface area contributed by atoms with Gasteiger partial charge in [-0.05, 0) is 21.1 Å². The van der Waals surface area contributed by atoms with Crippen molar-refractivity contribution >= 4 is 28.8 Å². The highest BCUT2D eigenvalue weighted by molar-refractivity contribution is 14.1. The Hall–Kier alpha value is -0.120. The molecule has 1 N–H and O–H groups in total. The Morgan fingerprint density at radius 1 is 1.36 bits per heavy atom. The fraction of sp³-hybridized carbons (Fsp3) is 0.444. The molecule has 0 aromatic carbocycles. The molecule has 0 spiro atoms. The predicted molar refractivity (Wildman–Crippen MR) is 59.5 cm³/mol. The molecule has 0 rings (SSSR count). The zero-order valence-electron chi connectivity index (χ0n) is 7.19. The van der Waals surface area contributed by atoms with Crippen LogP contribution in [0.3, 0.4) is 0 Å². The Morgan fingerprint density at radius 2 is 1.91 bits per heavy atom. The van der Waals surface area contributed by atoms with Crippen molar-refractivity contribution in [3.05, 3.63) is 21.8 Å². The molecule has 0 saturated heterocycles. The fourth-order valence-corrected chi connectivity index (χ4v) is 1.10. The van der Waals surface area contributed by atoms with Gasteiger partial charge in [0.1, 0.15) is 0 Å². The van der Waals surface area contributed by atoms with E-state index in [0.29, 0.717) is 0 Å². The van der Waals surface area contributed by atoms with Gasteiger partial charge in [0, 0.05) is 6.21 Å². The van der Waals surface area contributed by atoms with Gasteiger partial charge in [0.25, 0.3) is 0 Å². The van der Waals surface area contributed by atoms with Gasteiger partial charge in [0.15, 0.2) is 0 Å². The summed E-state index contributed by atoms with van der Waals surface area (Å²) in [6.45, 7) is 6.41. The lowest BCUT2D eigenvalue weighted by atomic mass is 9.86. The average molecular weight is 263 g/mol. The highest BCUT2D eigenvalue weighted by Gasteiger charge is 2.13. The van der Waals surface area contributed by atoms with Gasteiger partial charge in [0.05, 0.1) is 0 Å². The van der Waals surface area contributed by atoms with Crippen molar-refractivity contribution in [1.29, 1.82) is 5.41 Å². The van der Waals surface area contributed by atoms with E-state index >= 15 is 0 Å². The third kappa shape index (κ3) is 4.35. The first-order chi connectivity index (χ1) is 5.02. The number of rotatable bonds is 2. The number of halogens is 1. The van der Waals surface area contributed by atoms with E-state index in [1.807, 2.05) is 16.2 Å². The lowest BCUT2D eigenvalue weighted by Crippen LogP contribution is -2.07. The molecule has 0 aromatic rings. The first-order valence-corrected chi connectivity index (χ1v) is 4.75. The van der Waals surface area contributed by atoms with Crippen LogP contribution in [-0.4, -0.2) is 6.21 Å². The van der Waals surface area contributed by atoms with Crippen LogP contribution < -0.4 is 0 Å². The van der Waals surface area contributed by atoms with Crippen molar-refractivity contribution in [3.63, 3.8) is 0 Å². The standard InChI is InChI=1S/C9H14IN/c1-9(2,3)8(4-6-10)5-7-11/h4-7,11H,1-3H3/b6-4-,8-5+,11-7?. The minimum atomic E-state index is 0.138. The molecule has 1 nitrogen and oxygen atoms in total. The van der Waals surface area contributed by atoms with Crippen LogP contribution in [0.25, 0.3) is 0 Å². The molecule has 0 atom stereocenters. The Kier molecular flexibility index (Phi) is 4.65. The van der Waals surface area contributed by atoms with Crippen LogP contribution in [0.5, 0.6) is 0 Å². The summed E-state index contributed by atoms with van der Waals surface area (Å²) in [5.41, 5.74) is 1.32. The largest absolute Gasteiger partial charge is 0.309 e. The van der Waals surface area contributed by atoms with Gasteiger partial charge in [-0.25, -0.2) is 0 Å². The number of allylic oxidation sites excluding steroid dienone is 3. The second-order valence-corrected chi connectivity index (χ2v) is 4.05. The zero-order valence-corrected chi connectivity index (χ0v) is 9.34. The minimum absolute atomic E-state index is 0.138. The van der Waals surface area contributed by atoms with Crippen molar-refractivity contribution < 1.29 is 0 Å². The highest BCUT2D eigenvalue weighted by atomic mass is 127. The van der Waals surface area contributed by atoms with Crippen LogP contribution in [0.15, 0.2) is 21.8 Å². The van der Waals surface area contributed by atoms with E-state index in [1.54, 1.807) is 0 Å². The maximum absolute atomic E-state index is 6.95. The van der Waals surface area contributed by atoms with Crippen molar-refractivity contribution in [2.75, 3.05) is 0 Å². The van der Waals surface area contributed by atoms with Gasteiger partial charge in [0.2, 0.25) is 0 Å². The quantitative estimate of drug-likeness (QED) is 0.447. The number of hydrogen-bond donors (Lipinski definition) is 1. The first kappa shape index (κ1) is 10.9. The Bertz CT molecular complexity index is 184. The van der Waals surface area contributed by atoms with E-state index in [0.717, 1.165) is 0 Å². The molecule has 0 saturated carbocycles. The summed E-state index contributed by atoms with van der Waals surface area (Å²) >= 11 is 2.19. The van der Waals surface area contributed by atoms with E-state index in [9.17, 15) is 0 Å². The van der Waals surface area contributed by atoms with Crippen LogP contribution in [-0.2, 0) is 0 Å². The van der Waals surface area contributed by atoms with Crippen molar-refractivity contribution in [1.82, 2.24) is 0 Å². The molecule has 0 aliphatic heterocycles. The zero-order chi connectivity index (χ0) is 8.91. The summed E-state index contributed by atoms with van der Waals surface area (Å²) < 4.78 is 1.97. The molecule has 11 heavy (non-hydrogen) atoms. The minimum Gasteiger partial charge on any atom is -0.309 e. The maximum Gasteiger partial charge on any atom is 0.0180 e. The third-order valence-electron chi connectivity index (χ3n) is 1.37. The van der Waals surface area contributed by atoms with Crippen LogP contribution >= 0.6 is 22.6 Å². The predicted octanol–water partition coefficient (Wildman–Crippen LogP) is 3.56. The smallest absolute Gasteiger partial charge is 0.0180 e. The van der Waals surface area contributed by atoms with Gasteiger partial charge in [-0.15, -0.1) is 0 Å². The third-order valence-corrected chi connectivity index (χ3v) is 1.73. The van der Waals surface area contributed by atoms with Gasteiger partial charge >= 0.3 is 0 Å². The Morgan fingerprint density at radius 3 is 2.18 bits per heavy atom. The molecule has 0 aliphatic rings. The molecule has 0 bridgehead atoms. The molecule has 0 heterocycles. The maximum atomic E-state index is 6.95. The molecule has 0 aliphatic carbocycles. The molecule has 0 aromatic heterocycles. The van der Waals surface area contributed by atoms with E-state index < -0.39 is 0 Å². The van der Waals surface area contributed by atoms with E-state index in [1.165, 1.54) is 11.8 Å². The first-order valence-electron chi connectivity index (χ1n) is 3.50. The molecular weight excluding hydrogens is 249 g/mol. The summed E-state index contributed by atoms with van der Waals surface area (Å²) in [5, 5.41) is 6.95. The summed E-state index contributed by atoms with van der Waals surface area (Å²) in [6, 6.07) is 0. The van der Waals surface area contributed by atoms with Gasteiger partial charge in [-0.3, -0.25) is 0 Å². The van der Waals surface area contributed by atoms with E-state index in [4.69, 9.17) is 5.41 Å². The van der Waals surface area contributed by atoms with Crippen LogP contribution in [0.4, 0.5) is 0 Å². The Balaban J connectivity index is 4.61. The second-order valence-electron chi connectivity index (χ2n) is 3.33. The monoisotopic (exact) mass is 263 g/mol. The molecular formula is C9H14IN. The van der Waals surface area contributed by atoms with Crippen LogP contribution in [0.2, 0.25) is 0 Å².